The van der Waals surface area contributed by atoms with Crippen LogP contribution in [-0.4, -0.2) is 31.7 Å². The molecule has 8 heteroatoms. The normalized spacial score (nSPS) is 11.0. The molecule has 2 aromatic carbocycles. The highest BCUT2D eigenvalue weighted by Gasteiger charge is 2.20. The van der Waals surface area contributed by atoms with E-state index in [4.69, 9.17) is 5.14 Å². The number of carbonyl (C=O) groups excluding carboxylic acids is 2. The third kappa shape index (κ3) is 5.40. The average Bonchev–Trinajstić information content (AvgIpc) is 2.64. The minimum absolute atomic E-state index is 0.0105. The highest BCUT2D eigenvalue weighted by molar-refractivity contribution is 7.89. The van der Waals surface area contributed by atoms with Crippen molar-refractivity contribution in [1.82, 2.24) is 10.2 Å². The predicted octanol–water partition coefficient (Wildman–Crippen LogP) is 0.999. The number of nitrogens with zero attached hydrogens (tertiary/aromatic N) is 1. The molecule has 0 radical (unpaired) electrons. The Bertz CT molecular complexity index is 865. The summed E-state index contributed by atoms with van der Waals surface area (Å²) in [6.07, 6.45) is 0. The zero-order valence-corrected chi connectivity index (χ0v) is 15.2. The fourth-order valence-electron chi connectivity index (χ4n) is 2.33. The van der Waals surface area contributed by atoms with Crippen LogP contribution < -0.4 is 10.5 Å². The van der Waals surface area contributed by atoms with Gasteiger partial charge >= 0.3 is 11.8 Å². The van der Waals surface area contributed by atoms with Gasteiger partial charge in [0.05, 0.1) is 4.90 Å². The first kappa shape index (κ1) is 19.6. The van der Waals surface area contributed by atoms with Crippen molar-refractivity contribution in [3.05, 3.63) is 65.7 Å². The van der Waals surface area contributed by atoms with Crippen molar-refractivity contribution in [3.63, 3.8) is 0 Å². The minimum Gasteiger partial charge on any atom is -0.344 e. The summed E-state index contributed by atoms with van der Waals surface area (Å²) in [7, 11) is -3.76. The molecule has 2 amide bonds. The molecular weight excluding hydrogens is 354 g/mol. The van der Waals surface area contributed by atoms with E-state index in [1.165, 1.54) is 29.2 Å². The van der Waals surface area contributed by atoms with E-state index in [1.807, 2.05) is 30.3 Å². The lowest BCUT2D eigenvalue weighted by Crippen LogP contribution is -2.42. The molecule has 0 spiro atoms. The number of benzene rings is 2. The van der Waals surface area contributed by atoms with Gasteiger partial charge in [-0.3, -0.25) is 9.59 Å². The Balaban J connectivity index is 1.94. The summed E-state index contributed by atoms with van der Waals surface area (Å²) < 4.78 is 22.4. The fourth-order valence-corrected chi connectivity index (χ4v) is 2.85. The van der Waals surface area contributed by atoms with E-state index in [2.05, 4.69) is 5.32 Å². The Morgan fingerprint density at radius 2 is 1.62 bits per heavy atom. The number of amides is 2. The number of likely N-dealkylation sites (N-methyl/N-ethyl adjacent to an activating group) is 1. The van der Waals surface area contributed by atoms with Crippen LogP contribution >= 0.6 is 0 Å². The first-order chi connectivity index (χ1) is 12.3. The number of primary sulfonamides is 1. The molecule has 0 aliphatic heterocycles. The first-order valence-corrected chi connectivity index (χ1v) is 9.58. The van der Waals surface area contributed by atoms with Gasteiger partial charge in [-0.25, -0.2) is 13.6 Å². The Labute approximate surface area is 152 Å². The molecule has 0 heterocycles. The number of sulfonamides is 1. The second kappa shape index (κ2) is 8.59. The first-order valence-electron chi connectivity index (χ1n) is 8.04. The number of carbonyl (C=O) groups is 2. The molecule has 7 nitrogen and oxygen atoms in total. The zero-order valence-electron chi connectivity index (χ0n) is 14.4. The molecule has 0 atom stereocenters. The maximum Gasteiger partial charge on any atom is 0.312 e. The van der Waals surface area contributed by atoms with E-state index in [-0.39, 0.29) is 11.4 Å². The molecule has 0 aliphatic carbocycles. The van der Waals surface area contributed by atoms with Crippen LogP contribution in [0.1, 0.15) is 18.1 Å². The van der Waals surface area contributed by atoms with E-state index < -0.39 is 21.8 Å². The van der Waals surface area contributed by atoms with Crippen LogP contribution in [-0.2, 0) is 32.7 Å². The van der Waals surface area contributed by atoms with Gasteiger partial charge in [-0.05, 0) is 30.2 Å². The fraction of sp³-hybridized carbons (Fsp3) is 0.222. The van der Waals surface area contributed by atoms with Crippen LogP contribution in [0.25, 0.3) is 0 Å². The summed E-state index contributed by atoms with van der Waals surface area (Å²) in [6, 6.07) is 15.2. The van der Waals surface area contributed by atoms with Crippen LogP contribution in [0, 0.1) is 0 Å². The van der Waals surface area contributed by atoms with Gasteiger partial charge in [-0.2, -0.15) is 0 Å². The van der Waals surface area contributed by atoms with Crippen molar-refractivity contribution in [2.75, 3.05) is 6.54 Å². The van der Waals surface area contributed by atoms with Crippen molar-refractivity contribution in [1.29, 1.82) is 0 Å². The Morgan fingerprint density at radius 3 is 2.15 bits per heavy atom. The number of nitrogens with one attached hydrogen (secondary N) is 1. The molecule has 138 valence electrons. The van der Waals surface area contributed by atoms with Crippen molar-refractivity contribution < 1.29 is 18.0 Å². The van der Waals surface area contributed by atoms with E-state index in [9.17, 15) is 18.0 Å². The number of hydrogen-bond acceptors (Lipinski definition) is 4. The largest absolute Gasteiger partial charge is 0.344 e. The van der Waals surface area contributed by atoms with E-state index in [0.29, 0.717) is 18.7 Å². The summed E-state index contributed by atoms with van der Waals surface area (Å²) in [4.78, 5) is 25.9. The highest BCUT2D eigenvalue weighted by atomic mass is 32.2. The molecule has 2 rings (SSSR count). The van der Waals surface area contributed by atoms with Crippen LogP contribution in [0.3, 0.4) is 0 Å². The quantitative estimate of drug-likeness (QED) is 0.734. The second-order valence-electron chi connectivity index (χ2n) is 5.68. The molecule has 0 unspecified atom stereocenters. The summed E-state index contributed by atoms with van der Waals surface area (Å²) in [5, 5.41) is 7.58. The van der Waals surface area contributed by atoms with Crippen molar-refractivity contribution >= 4 is 21.8 Å². The van der Waals surface area contributed by atoms with Crippen LogP contribution in [0.5, 0.6) is 0 Å². The summed E-state index contributed by atoms with van der Waals surface area (Å²) in [6.45, 7) is 2.68. The maximum atomic E-state index is 12.3. The van der Waals surface area contributed by atoms with Crippen LogP contribution in [0.2, 0.25) is 0 Å². The van der Waals surface area contributed by atoms with Gasteiger partial charge in [0.25, 0.3) is 0 Å². The number of rotatable bonds is 6. The van der Waals surface area contributed by atoms with Gasteiger partial charge in [0.2, 0.25) is 10.0 Å². The lowest BCUT2D eigenvalue weighted by molar-refractivity contribution is -0.146. The van der Waals surface area contributed by atoms with E-state index in [0.717, 1.165) is 5.56 Å². The second-order valence-corrected chi connectivity index (χ2v) is 7.24. The lowest BCUT2D eigenvalue weighted by Gasteiger charge is -2.20. The Morgan fingerprint density at radius 1 is 1.00 bits per heavy atom. The van der Waals surface area contributed by atoms with Gasteiger partial charge in [-0.15, -0.1) is 0 Å². The molecule has 0 aromatic heterocycles. The minimum atomic E-state index is -3.76. The summed E-state index contributed by atoms with van der Waals surface area (Å²) in [5.74, 6) is -1.32. The molecule has 26 heavy (non-hydrogen) atoms. The Kier molecular flexibility index (Phi) is 6.48. The van der Waals surface area contributed by atoms with Crippen LogP contribution in [0.4, 0.5) is 0 Å². The number of hydrogen-bond donors (Lipinski definition) is 2. The lowest BCUT2D eigenvalue weighted by atomic mass is 10.2. The van der Waals surface area contributed by atoms with E-state index in [1.54, 1.807) is 6.92 Å². The smallest absolute Gasteiger partial charge is 0.312 e. The molecule has 3 N–H and O–H groups in total. The molecule has 0 saturated heterocycles. The standard InChI is InChI=1S/C18H21N3O4S/c1-2-21(13-15-6-4-3-5-7-15)18(23)17(22)20-12-14-8-10-16(11-9-14)26(19,24)25/h3-11H,2,12-13H2,1H3,(H,20,22)(H2,19,24,25). The van der Waals surface area contributed by atoms with Gasteiger partial charge in [-0.1, -0.05) is 42.5 Å². The monoisotopic (exact) mass is 375 g/mol. The maximum absolute atomic E-state index is 12.3. The van der Waals surface area contributed by atoms with Crippen molar-refractivity contribution in [3.8, 4) is 0 Å². The molecule has 2 aromatic rings. The number of nitrogens with two attached hydrogens (primary N) is 1. The summed E-state index contributed by atoms with van der Waals surface area (Å²) >= 11 is 0. The SMILES string of the molecule is CCN(Cc1ccccc1)C(=O)C(=O)NCc1ccc(S(N)(=O)=O)cc1. The van der Waals surface area contributed by atoms with Crippen molar-refractivity contribution in [2.45, 2.75) is 24.9 Å². The van der Waals surface area contributed by atoms with Gasteiger partial charge < -0.3 is 10.2 Å². The van der Waals surface area contributed by atoms with Crippen LogP contribution in [0.15, 0.2) is 59.5 Å². The third-order valence-electron chi connectivity index (χ3n) is 3.78. The molecule has 0 fully saturated rings. The highest BCUT2D eigenvalue weighted by Crippen LogP contribution is 2.09. The third-order valence-corrected chi connectivity index (χ3v) is 4.71. The van der Waals surface area contributed by atoms with Gasteiger partial charge in [0, 0.05) is 19.6 Å². The van der Waals surface area contributed by atoms with E-state index >= 15 is 0 Å². The topological polar surface area (TPSA) is 110 Å². The molecule has 0 saturated carbocycles. The predicted molar refractivity (Wildman–Crippen MR) is 97.2 cm³/mol. The van der Waals surface area contributed by atoms with Gasteiger partial charge in [0.1, 0.15) is 0 Å². The zero-order chi connectivity index (χ0) is 19.2. The average molecular weight is 375 g/mol. The molecule has 0 bridgehead atoms. The Hall–Kier alpha value is -2.71. The summed E-state index contributed by atoms with van der Waals surface area (Å²) in [5.41, 5.74) is 1.60. The van der Waals surface area contributed by atoms with Crippen molar-refractivity contribution in [2.24, 2.45) is 5.14 Å². The van der Waals surface area contributed by atoms with Gasteiger partial charge in [0.15, 0.2) is 0 Å². The molecule has 0 aliphatic rings. The molecular formula is C18H21N3O4S.